The molecule has 3 heteroatoms. The minimum absolute atomic E-state index is 0.283. The lowest BCUT2D eigenvalue weighted by Crippen LogP contribution is -2.18. The highest BCUT2D eigenvalue weighted by Gasteiger charge is 2.07. The van der Waals surface area contributed by atoms with Gasteiger partial charge in [0, 0.05) is 23.2 Å². The van der Waals surface area contributed by atoms with Crippen molar-refractivity contribution in [2.45, 2.75) is 26.1 Å². The highest BCUT2D eigenvalue weighted by atomic mass is 35.5. The van der Waals surface area contributed by atoms with Crippen LogP contribution in [0.25, 0.3) is 0 Å². The molecule has 0 unspecified atom stereocenters. The maximum absolute atomic E-state index is 6.02. The van der Waals surface area contributed by atoms with Gasteiger partial charge in [0.15, 0.2) is 0 Å². The first-order valence-corrected chi connectivity index (χ1v) is 8.83. The maximum atomic E-state index is 6.02. The Morgan fingerprint density at radius 1 is 0.880 bits per heavy atom. The van der Waals surface area contributed by atoms with Crippen LogP contribution in [0.3, 0.4) is 0 Å². The van der Waals surface area contributed by atoms with Crippen LogP contribution in [-0.4, -0.2) is 0 Å². The molecule has 25 heavy (non-hydrogen) atoms. The highest BCUT2D eigenvalue weighted by Crippen LogP contribution is 2.21. The van der Waals surface area contributed by atoms with E-state index >= 15 is 0 Å². The highest BCUT2D eigenvalue weighted by molar-refractivity contribution is 6.30. The molecule has 0 bridgehead atoms. The van der Waals surface area contributed by atoms with Crippen LogP contribution in [0, 0.1) is 0 Å². The van der Waals surface area contributed by atoms with Crippen LogP contribution in [0.1, 0.15) is 29.7 Å². The summed E-state index contributed by atoms with van der Waals surface area (Å²) in [5.74, 6) is 0.908. The number of para-hydroxylation sites is 1. The van der Waals surface area contributed by atoms with Crippen molar-refractivity contribution in [1.29, 1.82) is 0 Å². The van der Waals surface area contributed by atoms with Crippen molar-refractivity contribution < 1.29 is 4.74 Å². The van der Waals surface area contributed by atoms with Crippen molar-refractivity contribution in [2.75, 3.05) is 0 Å². The lowest BCUT2D eigenvalue weighted by molar-refractivity contribution is 0.301. The summed E-state index contributed by atoms with van der Waals surface area (Å²) in [6, 6.07) is 26.6. The second-order valence-corrected chi connectivity index (χ2v) is 6.47. The Bertz CT molecular complexity index is 787. The molecule has 0 fully saturated rings. The molecule has 0 heterocycles. The molecule has 0 saturated heterocycles. The molecule has 3 rings (SSSR count). The summed E-state index contributed by atoms with van der Waals surface area (Å²) in [5, 5.41) is 4.30. The van der Waals surface area contributed by atoms with E-state index in [2.05, 4.69) is 42.6 Å². The predicted octanol–water partition coefficient (Wildman–Crippen LogP) is 5.77. The van der Waals surface area contributed by atoms with Gasteiger partial charge in [0.1, 0.15) is 12.4 Å². The van der Waals surface area contributed by atoms with Gasteiger partial charge in [-0.1, -0.05) is 72.3 Å². The first-order chi connectivity index (χ1) is 12.2. The number of hydrogen-bond acceptors (Lipinski definition) is 2. The van der Waals surface area contributed by atoms with E-state index in [1.807, 2.05) is 48.5 Å². The van der Waals surface area contributed by atoms with Crippen LogP contribution in [0.5, 0.6) is 5.75 Å². The maximum Gasteiger partial charge on any atom is 0.124 e. The summed E-state index contributed by atoms with van der Waals surface area (Å²) in [6.07, 6.45) is 0. The van der Waals surface area contributed by atoms with E-state index in [4.69, 9.17) is 16.3 Å². The van der Waals surface area contributed by atoms with E-state index in [0.29, 0.717) is 6.61 Å². The van der Waals surface area contributed by atoms with Crippen molar-refractivity contribution >= 4 is 11.6 Å². The van der Waals surface area contributed by atoms with Gasteiger partial charge in [-0.3, -0.25) is 0 Å². The summed E-state index contributed by atoms with van der Waals surface area (Å²) in [7, 11) is 0. The summed E-state index contributed by atoms with van der Waals surface area (Å²) < 4.78 is 6.02. The summed E-state index contributed by atoms with van der Waals surface area (Å²) in [4.78, 5) is 0. The summed E-state index contributed by atoms with van der Waals surface area (Å²) in [6.45, 7) is 3.46. The average Bonchev–Trinajstić information content (AvgIpc) is 2.67. The summed E-state index contributed by atoms with van der Waals surface area (Å²) in [5.41, 5.74) is 3.53. The third kappa shape index (κ3) is 5.09. The van der Waals surface area contributed by atoms with Crippen molar-refractivity contribution in [3.05, 3.63) is 101 Å². The monoisotopic (exact) mass is 351 g/mol. The Kier molecular flexibility index (Phi) is 6.10. The molecule has 0 aliphatic rings. The zero-order valence-corrected chi connectivity index (χ0v) is 15.0. The lowest BCUT2D eigenvalue weighted by atomic mass is 10.1. The van der Waals surface area contributed by atoms with E-state index in [0.717, 1.165) is 28.4 Å². The number of benzene rings is 3. The van der Waals surface area contributed by atoms with Gasteiger partial charge in [-0.05, 0) is 36.2 Å². The Balaban J connectivity index is 1.61. The van der Waals surface area contributed by atoms with E-state index < -0.39 is 0 Å². The van der Waals surface area contributed by atoms with Crippen LogP contribution in [0.4, 0.5) is 0 Å². The third-order valence-corrected chi connectivity index (χ3v) is 4.43. The molecule has 128 valence electrons. The first kappa shape index (κ1) is 17.5. The van der Waals surface area contributed by atoms with E-state index in [-0.39, 0.29) is 6.04 Å². The molecule has 2 nitrogen and oxygen atoms in total. The van der Waals surface area contributed by atoms with Crippen molar-refractivity contribution in [2.24, 2.45) is 0 Å². The fraction of sp³-hybridized carbons (Fsp3) is 0.182. The van der Waals surface area contributed by atoms with Crippen LogP contribution >= 0.6 is 11.6 Å². The molecule has 0 aromatic heterocycles. The van der Waals surface area contributed by atoms with Gasteiger partial charge < -0.3 is 10.1 Å². The van der Waals surface area contributed by atoms with Gasteiger partial charge in [0.25, 0.3) is 0 Å². The molecule has 0 radical (unpaired) electrons. The molecular formula is C22H22ClNO. The molecule has 3 aromatic carbocycles. The van der Waals surface area contributed by atoms with Gasteiger partial charge >= 0.3 is 0 Å². The van der Waals surface area contributed by atoms with Gasteiger partial charge in [-0.15, -0.1) is 0 Å². The summed E-state index contributed by atoms with van der Waals surface area (Å²) >= 11 is 5.93. The van der Waals surface area contributed by atoms with Crippen molar-refractivity contribution in [3.8, 4) is 5.75 Å². The van der Waals surface area contributed by atoms with Gasteiger partial charge in [0.2, 0.25) is 0 Å². The standard InChI is InChI=1S/C22H22ClNO/c1-17(19-7-3-2-4-8-19)24-15-20-9-5-6-10-22(20)25-16-18-11-13-21(23)14-12-18/h2-14,17,24H,15-16H2,1H3/t17-/m0/s1. The van der Waals surface area contributed by atoms with Crippen molar-refractivity contribution in [3.63, 3.8) is 0 Å². The number of hydrogen-bond donors (Lipinski definition) is 1. The Morgan fingerprint density at radius 3 is 2.32 bits per heavy atom. The molecule has 0 amide bonds. The van der Waals surface area contributed by atoms with Crippen LogP contribution in [-0.2, 0) is 13.2 Å². The Hall–Kier alpha value is -2.29. The molecule has 0 spiro atoms. The molecule has 1 N–H and O–H groups in total. The Morgan fingerprint density at radius 2 is 1.56 bits per heavy atom. The van der Waals surface area contributed by atoms with Gasteiger partial charge in [0.05, 0.1) is 0 Å². The number of rotatable bonds is 7. The second kappa shape index (κ2) is 8.70. The van der Waals surface area contributed by atoms with Crippen LogP contribution in [0.2, 0.25) is 5.02 Å². The molecule has 0 aliphatic heterocycles. The SMILES string of the molecule is C[C@H](NCc1ccccc1OCc1ccc(Cl)cc1)c1ccccc1. The first-order valence-electron chi connectivity index (χ1n) is 8.46. The predicted molar refractivity (Wildman–Crippen MR) is 104 cm³/mol. The largest absolute Gasteiger partial charge is 0.489 e. The van der Waals surface area contributed by atoms with Gasteiger partial charge in [-0.2, -0.15) is 0 Å². The molecule has 0 aliphatic carbocycles. The normalized spacial score (nSPS) is 11.9. The zero-order valence-electron chi connectivity index (χ0n) is 14.3. The minimum atomic E-state index is 0.283. The third-order valence-electron chi connectivity index (χ3n) is 4.18. The van der Waals surface area contributed by atoms with E-state index in [9.17, 15) is 0 Å². The zero-order chi connectivity index (χ0) is 17.5. The van der Waals surface area contributed by atoms with Crippen LogP contribution in [0.15, 0.2) is 78.9 Å². The quantitative estimate of drug-likeness (QED) is 0.583. The van der Waals surface area contributed by atoms with E-state index in [1.54, 1.807) is 0 Å². The molecular weight excluding hydrogens is 330 g/mol. The Labute approximate surface area is 154 Å². The smallest absolute Gasteiger partial charge is 0.124 e. The fourth-order valence-electron chi connectivity index (χ4n) is 2.66. The minimum Gasteiger partial charge on any atom is -0.489 e. The van der Waals surface area contributed by atoms with E-state index in [1.165, 1.54) is 5.56 Å². The molecule has 0 saturated carbocycles. The lowest BCUT2D eigenvalue weighted by Gasteiger charge is -2.16. The topological polar surface area (TPSA) is 21.3 Å². The number of nitrogens with one attached hydrogen (secondary N) is 1. The van der Waals surface area contributed by atoms with Crippen LogP contribution < -0.4 is 10.1 Å². The number of halogens is 1. The number of ether oxygens (including phenoxy) is 1. The van der Waals surface area contributed by atoms with Crippen molar-refractivity contribution in [1.82, 2.24) is 5.32 Å². The molecule has 3 aromatic rings. The fourth-order valence-corrected chi connectivity index (χ4v) is 2.78. The molecule has 1 atom stereocenters. The average molecular weight is 352 g/mol. The van der Waals surface area contributed by atoms with Gasteiger partial charge in [-0.25, -0.2) is 0 Å². The second-order valence-electron chi connectivity index (χ2n) is 6.04.